The number of nitrogens with zero attached hydrogens (tertiary/aromatic N) is 1. The van der Waals surface area contributed by atoms with Crippen molar-refractivity contribution in [3.63, 3.8) is 0 Å². The van der Waals surface area contributed by atoms with Crippen LogP contribution in [0.2, 0.25) is 0 Å². The van der Waals surface area contributed by atoms with E-state index in [1.165, 1.54) is 0 Å². The van der Waals surface area contributed by atoms with Crippen LogP contribution in [-0.4, -0.2) is 0 Å². The Morgan fingerprint density at radius 1 is 1.50 bits per heavy atom. The van der Waals surface area contributed by atoms with Crippen molar-refractivity contribution in [3.05, 3.63) is 23.8 Å². The minimum absolute atomic E-state index is 0.264. The fourth-order valence-electron chi connectivity index (χ4n) is 0.822. The largest absolute Gasteiger partial charge is 0.193 e. The quantitative estimate of drug-likeness (QED) is 0.422. The van der Waals surface area contributed by atoms with E-state index in [0.29, 0.717) is 0 Å². The van der Waals surface area contributed by atoms with E-state index in [4.69, 9.17) is 5.26 Å². The van der Waals surface area contributed by atoms with Gasteiger partial charge in [0.2, 0.25) is 0 Å². The molecule has 1 nitrogen and oxygen atoms in total. The Bertz CT molecular complexity index is 181. The van der Waals surface area contributed by atoms with Crippen molar-refractivity contribution in [1.82, 2.24) is 0 Å². The Hall–Kier alpha value is -1.03. The third-order valence-corrected chi connectivity index (χ3v) is 1.41. The first-order chi connectivity index (χ1) is 4.76. The highest BCUT2D eigenvalue weighted by Gasteiger charge is 2.00. The third kappa shape index (κ3) is 2.50. The molecule has 0 saturated carbocycles. The van der Waals surface area contributed by atoms with Gasteiger partial charge in [-0.05, 0) is 13.8 Å². The Balaban J connectivity index is 4.21. The summed E-state index contributed by atoms with van der Waals surface area (Å²) in [5, 5.41) is 8.57. The van der Waals surface area contributed by atoms with Crippen LogP contribution in [0.5, 0.6) is 0 Å². The maximum Gasteiger partial charge on any atom is 0.0949 e. The second-order valence-corrected chi connectivity index (χ2v) is 2.17. The SMILES string of the molecule is CC=CC(C)C(C#N)=CC. The second kappa shape index (κ2) is 4.81. The van der Waals surface area contributed by atoms with Crippen molar-refractivity contribution in [2.75, 3.05) is 0 Å². The first kappa shape index (κ1) is 8.97. The fraction of sp³-hybridized carbons (Fsp3) is 0.444. The van der Waals surface area contributed by atoms with Gasteiger partial charge in [0.1, 0.15) is 0 Å². The van der Waals surface area contributed by atoms with Crippen LogP contribution >= 0.6 is 0 Å². The number of nitriles is 1. The molecule has 0 aliphatic carbocycles. The van der Waals surface area contributed by atoms with Crippen molar-refractivity contribution in [3.8, 4) is 6.07 Å². The summed E-state index contributed by atoms with van der Waals surface area (Å²) >= 11 is 0. The molecule has 0 radical (unpaired) electrons. The number of hydrogen-bond donors (Lipinski definition) is 0. The number of hydrogen-bond acceptors (Lipinski definition) is 1. The highest BCUT2D eigenvalue weighted by atomic mass is 14.3. The zero-order chi connectivity index (χ0) is 7.98. The minimum atomic E-state index is 0.264. The molecule has 0 amide bonds. The molecule has 0 bridgehead atoms. The Kier molecular flexibility index (Phi) is 4.32. The molecule has 1 atom stereocenters. The van der Waals surface area contributed by atoms with Crippen LogP contribution in [-0.2, 0) is 0 Å². The van der Waals surface area contributed by atoms with Crippen LogP contribution in [0, 0.1) is 17.2 Å². The van der Waals surface area contributed by atoms with Gasteiger partial charge < -0.3 is 0 Å². The lowest BCUT2D eigenvalue weighted by atomic mass is 10.0. The molecule has 0 spiro atoms. The third-order valence-electron chi connectivity index (χ3n) is 1.41. The maximum atomic E-state index is 8.57. The highest BCUT2D eigenvalue weighted by molar-refractivity contribution is 5.25. The Morgan fingerprint density at radius 2 is 2.10 bits per heavy atom. The molecule has 10 heavy (non-hydrogen) atoms. The highest BCUT2D eigenvalue weighted by Crippen LogP contribution is 2.09. The standard InChI is InChI=1S/C9H13N/c1-4-6-8(3)9(5-2)7-10/h4-6,8H,1-3H3. The van der Waals surface area contributed by atoms with E-state index in [0.717, 1.165) is 5.57 Å². The molecule has 0 rings (SSSR count). The number of allylic oxidation sites excluding steroid dienone is 4. The van der Waals surface area contributed by atoms with Crippen LogP contribution in [0.4, 0.5) is 0 Å². The van der Waals surface area contributed by atoms with Gasteiger partial charge in [0.15, 0.2) is 0 Å². The van der Waals surface area contributed by atoms with Gasteiger partial charge in [-0.15, -0.1) is 0 Å². The van der Waals surface area contributed by atoms with E-state index in [1.807, 2.05) is 39.0 Å². The smallest absolute Gasteiger partial charge is 0.0949 e. The molecular formula is C9H13N. The molecule has 1 heteroatoms. The molecule has 0 N–H and O–H groups in total. The molecule has 1 unspecified atom stereocenters. The van der Waals surface area contributed by atoms with Gasteiger partial charge in [0.05, 0.1) is 6.07 Å². The first-order valence-electron chi connectivity index (χ1n) is 3.45. The summed E-state index contributed by atoms with van der Waals surface area (Å²) < 4.78 is 0. The zero-order valence-electron chi connectivity index (χ0n) is 6.76. The Morgan fingerprint density at radius 3 is 2.40 bits per heavy atom. The molecule has 0 aromatic rings. The monoisotopic (exact) mass is 135 g/mol. The Labute approximate surface area is 62.7 Å². The average molecular weight is 135 g/mol. The van der Waals surface area contributed by atoms with Crippen molar-refractivity contribution in [2.24, 2.45) is 5.92 Å². The van der Waals surface area contributed by atoms with Crippen LogP contribution < -0.4 is 0 Å². The molecule has 0 heterocycles. The van der Waals surface area contributed by atoms with Gasteiger partial charge >= 0.3 is 0 Å². The summed E-state index contributed by atoms with van der Waals surface area (Å²) in [7, 11) is 0. The lowest BCUT2D eigenvalue weighted by Gasteiger charge is -2.00. The van der Waals surface area contributed by atoms with Gasteiger partial charge in [-0.25, -0.2) is 0 Å². The van der Waals surface area contributed by atoms with Crippen LogP contribution in [0.3, 0.4) is 0 Å². The van der Waals surface area contributed by atoms with Crippen LogP contribution in [0.15, 0.2) is 23.8 Å². The molecule has 0 saturated heterocycles. The van der Waals surface area contributed by atoms with Crippen molar-refractivity contribution in [1.29, 1.82) is 5.26 Å². The molecule has 0 aromatic heterocycles. The van der Waals surface area contributed by atoms with E-state index in [9.17, 15) is 0 Å². The van der Waals surface area contributed by atoms with E-state index < -0.39 is 0 Å². The lowest BCUT2D eigenvalue weighted by Crippen LogP contribution is -1.91. The summed E-state index contributed by atoms with van der Waals surface area (Å²) in [6.07, 6.45) is 5.83. The summed E-state index contributed by atoms with van der Waals surface area (Å²) in [5.41, 5.74) is 0.832. The first-order valence-corrected chi connectivity index (χ1v) is 3.45. The summed E-state index contributed by atoms with van der Waals surface area (Å²) in [4.78, 5) is 0. The second-order valence-electron chi connectivity index (χ2n) is 2.17. The topological polar surface area (TPSA) is 23.8 Å². The summed E-state index contributed by atoms with van der Waals surface area (Å²) in [5.74, 6) is 0.264. The van der Waals surface area contributed by atoms with E-state index in [-0.39, 0.29) is 5.92 Å². The molecule has 0 aliphatic heterocycles. The van der Waals surface area contributed by atoms with Crippen molar-refractivity contribution < 1.29 is 0 Å². The van der Waals surface area contributed by atoms with Crippen molar-refractivity contribution >= 4 is 0 Å². The zero-order valence-corrected chi connectivity index (χ0v) is 6.76. The van der Waals surface area contributed by atoms with Gasteiger partial charge in [-0.3, -0.25) is 0 Å². The van der Waals surface area contributed by atoms with Gasteiger partial charge in [0.25, 0.3) is 0 Å². The minimum Gasteiger partial charge on any atom is -0.193 e. The number of rotatable bonds is 2. The normalized spacial score (nSPS) is 15.2. The summed E-state index contributed by atoms with van der Waals surface area (Å²) in [6, 6.07) is 2.15. The van der Waals surface area contributed by atoms with Gasteiger partial charge in [-0.2, -0.15) is 5.26 Å². The predicted molar refractivity (Wildman–Crippen MR) is 43.3 cm³/mol. The maximum absolute atomic E-state index is 8.57. The molecular weight excluding hydrogens is 122 g/mol. The van der Waals surface area contributed by atoms with Crippen molar-refractivity contribution in [2.45, 2.75) is 20.8 Å². The lowest BCUT2D eigenvalue weighted by molar-refractivity contribution is 0.890. The fourth-order valence-corrected chi connectivity index (χ4v) is 0.822. The van der Waals surface area contributed by atoms with E-state index in [1.54, 1.807) is 0 Å². The van der Waals surface area contributed by atoms with E-state index >= 15 is 0 Å². The average Bonchev–Trinajstić information content (AvgIpc) is 1.91. The molecule has 0 aliphatic rings. The van der Waals surface area contributed by atoms with Gasteiger partial charge in [0, 0.05) is 11.5 Å². The molecule has 0 aromatic carbocycles. The van der Waals surface area contributed by atoms with Gasteiger partial charge in [-0.1, -0.05) is 25.2 Å². The predicted octanol–water partition coefficient (Wildman–Crippen LogP) is 2.67. The van der Waals surface area contributed by atoms with Crippen LogP contribution in [0.1, 0.15) is 20.8 Å². The molecule has 54 valence electrons. The van der Waals surface area contributed by atoms with E-state index in [2.05, 4.69) is 6.07 Å². The summed E-state index contributed by atoms with van der Waals surface area (Å²) in [6.45, 7) is 5.86. The molecule has 0 fully saturated rings. The van der Waals surface area contributed by atoms with Crippen LogP contribution in [0.25, 0.3) is 0 Å².